The normalized spacial score (nSPS) is 13.9. The first-order chi connectivity index (χ1) is 8.34. The highest BCUT2D eigenvalue weighted by Crippen LogP contribution is 2.35. The molecular weight excluding hydrogens is 212 g/mol. The first-order valence-electron chi connectivity index (χ1n) is 5.69. The van der Waals surface area contributed by atoms with Crippen molar-refractivity contribution in [3.8, 4) is 0 Å². The third-order valence-corrected chi connectivity index (χ3v) is 3.02. The van der Waals surface area contributed by atoms with Gasteiger partial charge in [0.05, 0.1) is 11.4 Å². The average molecular weight is 226 g/mol. The smallest absolute Gasteiger partial charge is 0.117 e. The van der Waals surface area contributed by atoms with Crippen LogP contribution in [0.25, 0.3) is 0 Å². The van der Waals surface area contributed by atoms with Crippen molar-refractivity contribution in [2.75, 3.05) is 16.6 Å². The van der Waals surface area contributed by atoms with Gasteiger partial charge in [0.15, 0.2) is 0 Å². The van der Waals surface area contributed by atoms with Gasteiger partial charge in [-0.3, -0.25) is 5.21 Å². The Bertz CT molecular complexity index is 513. The standard InChI is InChI=1S/C14H14N2O/c17-16-11-15(10-12-6-2-1-3-7-12)13-8-4-5-9-14(13)16/h1-9,17H,10-11H2. The first kappa shape index (κ1) is 10.2. The second kappa shape index (κ2) is 4.11. The molecule has 1 heterocycles. The lowest BCUT2D eigenvalue weighted by Gasteiger charge is -2.18. The summed E-state index contributed by atoms with van der Waals surface area (Å²) < 4.78 is 0. The Morgan fingerprint density at radius 2 is 1.53 bits per heavy atom. The Kier molecular flexibility index (Phi) is 2.46. The van der Waals surface area contributed by atoms with Crippen LogP contribution >= 0.6 is 0 Å². The minimum absolute atomic E-state index is 0.522. The largest absolute Gasteiger partial charge is 0.346 e. The predicted octanol–water partition coefficient (Wildman–Crippen LogP) is 2.86. The van der Waals surface area contributed by atoms with Crippen LogP contribution < -0.4 is 9.96 Å². The lowest BCUT2D eigenvalue weighted by molar-refractivity contribution is 0.262. The van der Waals surface area contributed by atoms with E-state index in [2.05, 4.69) is 17.0 Å². The van der Waals surface area contributed by atoms with E-state index in [1.165, 1.54) is 10.6 Å². The Labute approximate surface area is 100 Å². The first-order valence-corrected chi connectivity index (χ1v) is 5.69. The molecule has 0 spiro atoms. The molecule has 2 aromatic rings. The molecule has 3 rings (SSSR count). The number of hydrogen-bond acceptors (Lipinski definition) is 3. The highest BCUT2D eigenvalue weighted by Gasteiger charge is 2.23. The van der Waals surface area contributed by atoms with Crippen molar-refractivity contribution in [3.05, 3.63) is 60.2 Å². The number of fused-ring (bicyclic) bond motifs is 1. The van der Waals surface area contributed by atoms with E-state index >= 15 is 0 Å². The zero-order valence-electron chi connectivity index (χ0n) is 9.45. The molecule has 0 aliphatic carbocycles. The van der Waals surface area contributed by atoms with Gasteiger partial charge in [0.25, 0.3) is 0 Å². The van der Waals surface area contributed by atoms with Gasteiger partial charge >= 0.3 is 0 Å². The lowest BCUT2D eigenvalue weighted by Crippen LogP contribution is -2.27. The van der Waals surface area contributed by atoms with E-state index in [4.69, 9.17) is 0 Å². The number of rotatable bonds is 2. The van der Waals surface area contributed by atoms with E-state index in [-0.39, 0.29) is 0 Å². The fraction of sp³-hybridized carbons (Fsp3) is 0.143. The Balaban J connectivity index is 1.87. The van der Waals surface area contributed by atoms with Gasteiger partial charge in [0.2, 0.25) is 0 Å². The molecule has 1 N–H and O–H groups in total. The highest BCUT2D eigenvalue weighted by atomic mass is 16.5. The van der Waals surface area contributed by atoms with E-state index in [0.717, 1.165) is 17.9 Å². The van der Waals surface area contributed by atoms with Crippen LogP contribution in [0.2, 0.25) is 0 Å². The summed E-state index contributed by atoms with van der Waals surface area (Å²) in [7, 11) is 0. The van der Waals surface area contributed by atoms with Crippen molar-refractivity contribution in [1.82, 2.24) is 0 Å². The maximum absolute atomic E-state index is 9.82. The van der Waals surface area contributed by atoms with E-state index in [1.54, 1.807) is 0 Å². The topological polar surface area (TPSA) is 26.7 Å². The molecule has 1 aliphatic heterocycles. The molecule has 0 atom stereocenters. The molecule has 2 aromatic carbocycles. The van der Waals surface area contributed by atoms with Crippen molar-refractivity contribution in [2.45, 2.75) is 6.54 Å². The summed E-state index contributed by atoms with van der Waals surface area (Å²) in [5, 5.41) is 11.1. The van der Waals surface area contributed by atoms with E-state index < -0.39 is 0 Å². The van der Waals surface area contributed by atoms with Crippen LogP contribution in [0.3, 0.4) is 0 Å². The zero-order chi connectivity index (χ0) is 11.7. The molecule has 0 unspecified atom stereocenters. The molecule has 0 aromatic heterocycles. The van der Waals surface area contributed by atoms with E-state index in [0.29, 0.717) is 6.67 Å². The second-order valence-electron chi connectivity index (χ2n) is 4.21. The van der Waals surface area contributed by atoms with E-state index in [9.17, 15) is 5.21 Å². The van der Waals surface area contributed by atoms with E-state index in [1.807, 2.05) is 42.5 Å². The summed E-state index contributed by atoms with van der Waals surface area (Å²) in [6, 6.07) is 18.2. The van der Waals surface area contributed by atoms with Crippen LogP contribution in [0.4, 0.5) is 11.4 Å². The van der Waals surface area contributed by atoms with Gasteiger partial charge in [-0.2, -0.15) is 0 Å². The van der Waals surface area contributed by atoms with Gasteiger partial charge in [-0.05, 0) is 17.7 Å². The van der Waals surface area contributed by atoms with Crippen molar-refractivity contribution in [1.29, 1.82) is 0 Å². The molecule has 0 bridgehead atoms. The summed E-state index contributed by atoms with van der Waals surface area (Å²) in [6.07, 6.45) is 0. The highest BCUT2D eigenvalue weighted by molar-refractivity contribution is 5.74. The van der Waals surface area contributed by atoms with Gasteiger partial charge in [-0.1, -0.05) is 42.5 Å². The molecule has 0 saturated carbocycles. The number of para-hydroxylation sites is 2. The SMILES string of the molecule is ON1CN(Cc2ccccc2)c2ccccc21. The molecule has 0 saturated heterocycles. The average Bonchev–Trinajstić information content (AvgIpc) is 2.69. The minimum atomic E-state index is 0.522. The van der Waals surface area contributed by atoms with Gasteiger partial charge in [0.1, 0.15) is 6.67 Å². The monoisotopic (exact) mass is 226 g/mol. The summed E-state index contributed by atoms with van der Waals surface area (Å²) in [4.78, 5) is 2.16. The molecule has 3 heteroatoms. The zero-order valence-corrected chi connectivity index (χ0v) is 9.45. The fourth-order valence-electron chi connectivity index (χ4n) is 2.20. The number of benzene rings is 2. The van der Waals surface area contributed by atoms with Crippen LogP contribution in [0.1, 0.15) is 5.56 Å². The molecule has 0 radical (unpaired) electrons. The van der Waals surface area contributed by atoms with Crippen LogP contribution in [-0.4, -0.2) is 11.9 Å². The van der Waals surface area contributed by atoms with Gasteiger partial charge in [0, 0.05) is 6.54 Å². The van der Waals surface area contributed by atoms with Crippen LogP contribution in [0, 0.1) is 0 Å². The third-order valence-electron chi connectivity index (χ3n) is 3.02. The van der Waals surface area contributed by atoms with Gasteiger partial charge in [-0.15, -0.1) is 0 Å². The molecular formula is C14H14N2O. The molecule has 3 nitrogen and oxygen atoms in total. The van der Waals surface area contributed by atoms with Crippen LogP contribution in [0.15, 0.2) is 54.6 Å². The van der Waals surface area contributed by atoms with Gasteiger partial charge in [-0.25, -0.2) is 5.06 Å². The minimum Gasteiger partial charge on any atom is -0.346 e. The molecule has 17 heavy (non-hydrogen) atoms. The second-order valence-corrected chi connectivity index (χ2v) is 4.21. The molecule has 1 aliphatic rings. The maximum atomic E-state index is 9.82. The number of anilines is 2. The van der Waals surface area contributed by atoms with Crippen molar-refractivity contribution in [3.63, 3.8) is 0 Å². The van der Waals surface area contributed by atoms with Gasteiger partial charge < -0.3 is 4.90 Å². The van der Waals surface area contributed by atoms with Crippen molar-refractivity contribution in [2.24, 2.45) is 0 Å². The molecule has 86 valence electrons. The number of nitrogens with zero attached hydrogens (tertiary/aromatic N) is 2. The van der Waals surface area contributed by atoms with Crippen LogP contribution in [0.5, 0.6) is 0 Å². The summed E-state index contributed by atoms with van der Waals surface area (Å²) >= 11 is 0. The van der Waals surface area contributed by atoms with Crippen LogP contribution in [-0.2, 0) is 6.54 Å². The molecule has 0 fully saturated rings. The Hall–Kier alpha value is -2.00. The quantitative estimate of drug-likeness (QED) is 0.853. The summed E-state index contributed by atoms with van der Waals surface area (Å²) in [5.74, 6) is 0. The fourth-order valence-corrected chi connectivity index (χ4v) is 2.20. The lowest BCUT2D eigenvalue weighted by atomic mass is 10.2. The third kappa shape index (κ3) is 1.85. The number of hydroxylamine groups is 1. The van der Waals surface area contributed by atoms with Crippen molar-refractivity contribution < 1.29 is 5.21 Å². The predicted molar refractivity (Wildman–Crippen MR) is 68.2 cm³/mol. The maximum Gasteiger partial charge on any atom is 0.117 e. The van der Waals surface area contributed by atoms with Crippen molar-refractivity contribution >= 4 is 11.4 Å². The number of hydrogen-bond donors (Lipinski definition) is 1. The molecule has 0 amide bonds. The Morgan fingerprint density at radius 3 is 2.29 bits per heavy atom. The summed E-state index contributed by atoms with van der Waals surface area (Å²) in [6.45, 7) is 1.34. The Morgan fingerprint density at radius 1 is 0.882 bits per heavy atom. The summed E-state index contributed by atoms with van der Waals surface area (Å²) in [5.41, 5.74) is 3.21.